The van der Waals surface area contributed by atoms with E-state index in [0.717, 1.165) is 36.0 Å². The first-order chi connectivity index (χ1) is 7.90. The molecule has 0 radical (unpaired) electrons. The molecule has 3 rings (SSSR count). The Labute approximate surface area is 97.5 Å². The number of fused-ring (bicyclic) bond motifs is 1. The van der Waals surface area contributed by atoms with Crippen molar-refractivity contribution < 1.29 is 0 Å². The van der Waals surface area contributed by atoms with Crippen molar-refractivity contribution in [3.63, 3.8) is 0 Å². The molecule has 2 aromatic rings. The number of nitrogens with zero attached hydrogens (tertiary/aromatic N) is 4. The second-order valence-electron chi connectivity index (χ2n) is 3.81. The van der Waals surface area contributed by atoms with Crippen LogP contribution in [0.1, 0.15) is 25.2 Å². The van der Waals surface area contributed by atoms with Gasteiger partial charge in [-0.1, -0.05) is 6.92 Å². The summed E-state index contributed by atoms with van der Waals surface area (Å²) in [6.45, 7) is 4.08. The van der Waals surface area contributed by atoms with Crippen LogP contribution in [0.4, 0.5) is 0 Å². The van der Waals surface area contributed by atoms with Crippen LogP contribution in [-0.2, 0) is 6.54 Å². The van der Waals surface area contributed by atoms with Crippen molar-refractivity contribution in [1.82, 2.24) is 25.1 Å². The average molecular weight is 235 g/mol. The number of aromatic nitrogens is 4. The smallest absolute Gasteiger partial charge is 0.175 e. The van der Waals surface area contributed by atoms with E-state index in [2.05, 4.69) is 32.0 Å². The monoisotopic (exact) mass is 235 g/mol. The zero-order chi connectivity index (χ0) is 11.0. The van der Waals surface area contributed by atoms with Crippen LogP contribution in [0.5, 0.6) is 0 Å². The summed E-state index contributed by atoms with van der Waals surface area (Å²) in [6.07, 6.45) is 2.89. The van der Waals surface area contributed by atoms with Gasteiger partial charge in [0.25, 0.3) is 0 Å². The molecule has 0 amide bonds. The number of rotatable bonds is 2. The second-order valence-corrected chi connectivity index (χ2v) is 4.70. The van der Waals surface area contributed by atoms with Gasteiger partial charge in [0.15, 0.2) is 11.6 Å². The molecule has 2 aromatic heterocycles. The summed E-state index contributed by atoms with van der Waals surface area (Å²) in [6, 6.07) is 0.336. The van der Waals surface area contributed by atoms with E-state index >= 15 is 0 Å². The molecule has 3 heterocycles. The van der Waals surface area contributed by atoms with Gasteiger partial charge in [0, 0.05) is 19.3 Å². The average Bonchev–Trinajstić information content (AvgIpc) is 2.96. The first kappa shape index (κ1) is 9.92. The van der Waals surface area contributed by atoms with Crippen LogP contribution in [0.2, 0.25) is 0 Å². The van der Waals surface area contributed by atoms with Crippen LogP contribution in [-0.4, -0.2) is 26.3 Å². The summed E-state index contributed by atoms with van der Waals surface area (Å²) in [7, 11) is 0. The molecule has 0 spiro atoms. The molecule has 1 unspecified atom stereocenters. The van der Waals surface area contributed by atoms with Crippen molar-refractivity contribution in [2.75, 3.05) is 6.54 Å². The third-order valence-electron chi connectivity index (χ3n) is 2.88. The molecule has 84 valence electrons. The Hall–Kier alpha value is -1.27. The maximum absolute atomic E-state index is 4.29. The Kier molecular flexibility index (Phi) is 2.45. The van der Waals surface area contributed by atoms with Crippen molar-refractivity contribution >= 4 is 11.3 Å². The SMILES string of the molecule is CCC1NCCn2c(-c3cncs3)nnc21. The lowest BCUT2D eigenvalue weighted by atomic mass is 10.2. The van der Waals surface area contributed by atoms with Gasteiger partial charge in [-0.05, 0) is 6.42 Å². The van der Waals surface area contributed by atoms with Crippen molar-refractivity contribution in [2.24, 2.45) is 0 Å². The Balaban J connectivity index is 2.06. The Morgan fingerprint density at radius 3 is 3.25 bits per heavy atom. The van der Waals surface area contributed by atoms with E-state index < -0.39 is 0 Å². The number of thiazole rings is 1. The Bertz CT molecular complexity index is 475. The molecular weight excluding hydrogens is 222 g/mol. The number of hydrogen-bond acceptors (Lipinski definition) is 5. The second kappa shape index (κ2) is 3.95. The largest absolute Gasteiger partial charge is 0.308 e. The highest BCUT2D eigenvalue weighted by molar-refractivity contribution is 7.13. The van der Waals surface area contributed by atoms with Crippen molar-refractivity contribution in [1.29, 1.82) is 0 Å². The van der Waals surface area contributed by atoms with E-state index in [1.54, 1.807) is 11.3 Å². The van der Waals surface area contributed by atoms with Gasteiger partial charge in [0.05, 0.1) is 16.4 Å². The molecule has 1 aliphatic heterocycles. The zero-order valence-corrected chi connectivity index (χ0v) is 9.87. The summed E-state index contributed by atoms with van der Waals surface area (Å²) >= 11 is 1.61. The zero-order valence-electron chi connectivity index (χ0n) is 9.05. The van der Waals surface area contributed by atoms with Gasteiger partial charge < -0.3 is 9.88 Å². The van der Waals surface area contributed by atoms with Crippen molar-refractivity contribution in [3.8, 4) is 10.7 Å². The molecule has 0 bridgehead atoms. The highest BCUT2D eigenvalue weighted by Gasteiger charge is 2.24. The maximum Gasteiger partial charge on any atom is 0.175 e. The summed E-state index contributed by atoms with van der Waals surface area (Å²) in [5.74, 6) is 2.01. The fraction of sp³-hybridized carbons (Fsp3) is 0.500. The van der Waals surface area contributed by atoms with Crippen LogP contribution in [0, 0.1) is 0 Å². The molecule has 0 fully saturated rings. The van der Waals surface area contributed by atoms with Gasteiger partial charge in [-0.25, -0.2) is 0 Å². The molecule has 0 saturated carbocycles. The van der Waals surface area contributed by atoms with Crippen LogP contribution >= 0.6 is 11.3 Å². The van der Waals surface area contributed by atoms with Crippen LogP contribution < -0.4 is 5.32 Å². The van der Waals surface area contributed by atoms with E-state index in [0.29, 0.717) is 6.04 Å². The van der Waals surface area contributed by atoms with E-state index in [4.69, 9.17) is 0 Å². The van der Waals surface area contributed by atoms with Gasteiger partial charge >= 0.3 is 0 Å². The summed E-state index contributed by atoms with van der Waals surface area (Å²) in [4.78, 5) is 5.18. The van der Waals surface area contributed by atoms with E-state index in [1.165, 1.54) is 0 Å². The Morgan fingerprint density at radius 2 is 2.50 bits per heavy atom. The highest BCUT2D eigenvalue weighted by atomic mass is 32.1. The highest BCUT2D eigenvalue weighted by Crippen LogP contribution is 2.26. The lowest BCUT2D eigenvalue weighted by Crippen LogP contribution is -2.33. The third-order valence-corrected chi connectivity index (χ3v) is 3.65. The predicted octanol–water partition coefficient (Wildman–Crippen LogP) is 1.46. The molecule has 6 heteroatoms. The summed E-state index contributed by atoms with van der Waals surface area (Å²) < 4.78 is 2.21. The molecule has 0 saturated heterocycles. The fourth-order valence-corrected chi connectivity index (χ4v) is 2.68. The molecule has 5 nitrogen and oxygen atoms in total. The normalized spacial score (nSPS) is 19.7. The van der Waals surface area contributed by atoms with Gasteiger partial charge in [0.2, 0.25) is 0 Å². The van der Waals surface area contributed by atoms with E-state index in [9.17, 15) is 0 Å². The summed E-state index contributed by atoms with van der Waals surface area (Å²) in [5.41, 5.74) is 1.83. The predicted molar refractivity (Wildman–Crippen MR) is 62.2 cm³/mol. The number of hydrogen-bond donors (Lipinski definition) is 1. The molecule has 1 atom stereocenters. The molecular formula is C10H13N5S. The molecule has 0 aromatic carbocycles. The topological polar surface area (TPSA) is 55.6 Å². The summed E-state index contributed by atoms with van der Waals surface area (Å²) in [5, 5.41) is 12.0. The third kappa shape index (κ3) is 1.45. The van der Waals surface area contributed by atoms with Crippen LogP contribution in [0.25, 0.3) is 10.7 Å². The van der Waals surface area contributed by atoms with Crippen molar-refractivity contribution in [2.45, 2.75) is 25.9 Å². The maximum atomic E-state index is 4.29. The number of nitrogens with one attached hydrogen (secondary N) is 1. The Morgan fingerprint density at radius 1 is 1.56 bits per heavy atom. The minimum absolute atomic E-state index is 0.336. The first-order valence-corrected chi connectivity index (χ1v) is 6.33. The fourth-order valence-electron chi connectivity index (χ4n) is 2.07. The minimum atomic E-state index is 0.336. The first-order valence-electron chi connectivity index (χ1n) is 5.45. The van der Waals surface area contributed by atoms with Crippen LogP contribution in [0.15, 0.2) is 11.7 Å². The lowest BCUT2D eigenvalue weighted by Gasteiger charge is -2.23. The van der Waals surface area contributed by atoms with Crippen LogP contribution in [0.3, 0.4) is 0 Å². The molecule has 16 heavy (non-hydrogen) atoms. The lowest BCUT2D eigenvalue weighted by molar-refractivity contribution is 0.407. The van der Waals surface area contributed by atoms with E-state index in [1.807, 2.05) is 11.7 Å². The van der Waals surface area contributed by atoms with Gasteiger partial charge in [0.1, 0.15) is 0 Å². The van der Waals surface area contributed by atoms with Gasteiger partial charge in [-0.15, -0.1) is 21.5 Å². The molecule has 0 aliphatic carbocycles. The van der Waals surface area contributed by atoms with Gasteiger partial charge in [-0.2, -0.15) is 0 Å². The molecule has 1 N–H and O–H groups in total. The quantitative estimate of drug-likeness (QED) is 0.856. The minimum Gasteiger partial charge on any atom is -0.308 e. The van der Waals surface area contributed by atoms with Crippen molar-refractivity contribution in [3.05, 3.63) is 17.5 Å². The van der Waals surface area contributed by atoms with Gasteiger partial charge in [-0.3, -0.25) is 4.98 Å². The standard InChI is InChI=1S/C10H13N5S/c1-2-7-9-13-14-10(8-5-11-6-16-8)15(9)4-3-12-7/h5-7,12H,2-4H2,1H3. The molecule has 1 aliphatic rings. The van der Waals surface area contributed by atoms with E-state index in [-0.39, 0.29) is 0 Å².